The van der Waals surface area contributed by atoms with Gasteiger partial charge in [-0.2, -0.15) is 14.4 Å². The topological polar surface area (TPSA) is 107 Å². The molecule has 2 saturated heterocycles. The summed E-state index contributed by atoms with van der Waals surface area (Å²) in [6.45, 7) is 7.26. The van der Waals surface area contributed by atoms with E-state index in [4.69, 9.17) is 0 Å². The monoisotopic (exact) mass is 450 g/mol. The third-order valence-corrected chi connectivity index (χ3v) is 8.26. The molecule has 2 aliphatic heterocycles. The van der Waals surface area contributed by atoms with Gasteiger partial charge in [-0.25, -0.2) is 17.8 Å². The van der Waals surface area contributed by atoms with Crippen LogP contribution in [-0.2, 0) is 10.0 Å². The summed E-state index contributed by atoms with van der Waals surface area (Å²) < 4.78 is 41.6. The summed E-state index contributed by atoms with van der Waals surface area (Å²) in [5, 5.41) is 9.75. The highest BCUT2D eigenvalue weighted by atomic mass is 32.2. The van der Waals surface area contributed by atoms with Crippen molar-refractivity contribution in [1.29, 1.82) is 0 Å². The normalized spacial score (nSPS) is 24.2. The number of H-pyrrole nitrogens is 1. The molecule has 9 nitrogen and oxygen atoms in total. The fraction of sp³-hybridized carbons (Fsp3) is 0.600. The zero-order chi connectivity index (χ0) is 22.3. The molecule has 1 radical (unpaired) electrons. The summed E-state index contributed by atoms with van der Waals surface area (Å²) in [4.78, 5) is 10.6. The van der Waals surface area contributed by atoms with Crippen molar-refractivity contribution in [2.24, 2.45) is 0 Å². The summed E-state index contributed by atoms with van der Waals surface area (Å²) >= 11 is 0. The molecule has 0 amide bonds. The van der Waals surface area contributed by atoms with Gasteiger partial charge in [-0.15, -0.1) is 0 Å². The van der Waals surface area contributed by atoms with Crippen molar-refractivity contribution in [3.63, 3.8) is 0 Å². The van der Waals surface area contributed by atoms with Gasteiger partial charge in [0.25, 0.3) is 0 Å². The van der Waals surface area contributed by atoms with E-state index in [1.165, 1.54) is 0 Å². The number of sulfonamides is 1. The van der Waals surface area contributed by atoms with Gasteiger partial charge in [-0.3, -0.25) is 5.10 Å². The van der Waals surface area contributed by atoms with Gasteiger partial charge in [0.2, 0.25) is 16.0 Å². The Morgan fingerprint density at radius 3 is 2.58 bits per heavy atom. The lowest BCUT2D eigenvalue weighted by molar-refractivity contribution is 0.109. The first-order valence-electron chi connectivity index (χ1n) is 10.6. The Morgan fingerprint density at radius 2 is 2.00 bits per heavy atom. The summed E-state index contributed by atoms with van der Waals surface area (Å²) in [5.74, 6) is 0.318. The quantitative estimate of drug-likeness (QED) is 0.697. The van der Waals surface area contributed by atoms with Gasteiger partial charge in [-0.05, 0) is 46.5 Å². The number of aromatic nitrogens is 4. The molecule has 0 saturated carbocycles. The number of anilines is 3. The molecule has 2 aromatic heterocycles. The van der Waals surface area contributed by atoms with Crippen LogP contribution in [0, 0.1) is 19.7 Å². The zero-order valence-electron chi connectivity index (χ0n) is 18.1. The van der Waals surface area contributed by atoms with Crippen LogP contribution in [0.2, 0.25) is 0 Å². The van der Waals surface area contributed by atoms with Crippen molar-refractivity contribution in [3.05, 3.63) is 30.2 Å². The average Bonchev–Trinajstić information content (AvgIpc) is 3.14. The third kappa shape index (κ3) is 4.25. The van der Waals surface area contributed by atoms with Crippen LogP contribution in [0.3, 0.4) is 0 Å². The van der Waals surface area contributed by atoms with Gasteiger partial charge in [-0.1, -0.05) is 6.42 Å². The smallest absolute Gasteiger partial charge is 0.227 e. The number of fused-ring (bicyclic) bond motifs is 2. The molecule has 2 aliphatic rings. The van der Waals surface area contributed by atoms with Crippen LogP contribution in [-0.4, -0.2) is 63.8 Å². The molecule has 169 valence electrons. The minimum absolute atomic E-state index is 0.00204. The molecular formula is C20H29FN7O2S. The Morgan fingerprint density at radius 1 is 1.32 bits per heavy atom. The van der Waals surface area contributed by atoms with Crippen molar-refractivity contribution in [2.75, 3.05) is 23.0 Å². The van der Waals surface area contributed by atoms with Crippen LogP contribution in [0.25, 0.3) is 0 Å². The Bertz CT molecular complexity index is 1040. The SMILES string of the molecule is [CH2]c1nc(N(C)[C@@H]2C[C@H]3CCC[C@@H](C2)N3S(=O)(=O)CC)nc(Nc2cc(C)[nH]n2)c1F. The molecule has 0 aromatic carbocycles. The summed E-state index contributed by atoms with van der Waals surface area (Å²) in [5.41, 5.74) is 0.835. The number of halogens is 1. The largest absolute Gasteiger partial charge is 0.341 e. The number of nitrogens with one attached hydrogen (secondary N) is 2. The predicted molar refractivity (Wildman–Crippen MR) is 117 cm³/mol. The molecule has 3 atom stereocenters. The second-order valence-electron chi connectivity index (χ2n) is 8.40. The standard InChI is InChI=1S/C20H29FN7O2S/c1-5-31(29,30)28-14-7-6-8-15(28)11-16(10-14)27(4)20-22-13(3)18(21)19(24-20)23-17-9-12(2)25-26-17/h9,14-16H,3,5-8,10-11H2,1-2,4H3,(H2,22,23,24,25,26)/t14-,15+,16-. The molecule has 31 heavy (non-hydrogen) atoms. The van der Waals surface area contributed by atoms with Gasteiger partial charge < -0.3 is 10.2 Å². The second-order valence-corrected chi connectivity index (χ2v) is 10.6. The molecule has 0 unspecified atom stereocenters. The lowest BCUT2D eigenvalue weighted by Gasteiger charge is -2.49. The maximum Gasteiger partial charge on any atom is 0.227 e. The van der Waals surface area contributed by atoms with Crippen LogP contribution >= 0.6 is 0 Å². The zero-order valence-corrected chi connectivity index (χ0v) is 18.9. The Kier molecular flexibility index (Phi) is 5.91. The molecule has 2 fully saturated rings. The van der Waals surface area contributed by atoms with Crippen LogP contribution in [0.15, 0.2) is 6.07 Å². The average molecular weight is 451 g/mol. The van der Waals surface area contributed by atoms with Crippen LogP contribution < -0.4 is 10.2 Å². The fourth-order valence-electron chi connectivity index (χ4n) is 4.72. The van der Waals surface area contributed by atoms with E-state index in [-0.39, 0.29) is 35.4 Å². The van der Waals surface area contributed by atoms with Crippen molar-refractivity contribution in [2.45, 2.75) is 64.1 Å². The predicted octanol–water partition coefficient (Wildman–Crippen LogP) is 2.74. The van der Waals surface area contributed by atoms with E-state index >= 15 is 0 Å². The highest BCUT2D eigenvalue weighted by Crippen LogP contribution is 2.38. The van der Waals surface area contributed by atoms with Crippen LogP contribution in [0.1, 0.15) is 50.4 Å². The van der Waals surface area contributed by atoms with Gasteiger partial charge in [0.15, 0.2) is 17.5 Å². The van der Waals surface area contributed by atoms with Gasteiger partial charge >= 0.3 is 0 Å². The molecule has 0 spiro atoms. The van der Waals surface area contributed by atoms with Crippen molar-refractivity contribution < 1.29 is 12.8 Å². The molecule has 11 heteroatoms. The minimum atomic E-state index is -3.24. The number of nitrogens with zero attached hydrogens (tertiary/aromatic N) is 5. The first kappa shape index (κ1) is 21.9. The third-order valence-electron chi connectivity index (χ3n) is 6.29. The van der Waals surface area contributed by atoms with E-state index in [9.17, 15) is 12.8 Å². The van der Waals surface area contributed by atoms with E-state index < -0.39 is 15.8 Å². The highest BCUT2D eigenvalue weighted by Gasteiger charge is 2.45. The lowest BCUT2D eigenvalue weighted by atomic mass is 9.83. The number of aryl methyl sites for hydroxylation is 1. The summed E-state index contributed by atoms with van der Waals surface area (Å²) in [6.07, 6.45) is 4.14. The van der Waals surface area contributed by atoms with Crippen LogP contribution in [0.4, 0.5) is 22.0 Å². The first-order valence-corrected chi connectivity index (χ1v) is 12.2. The van der Waals surface area contributed by atoms with E-state index in [2.05, 4.69) is 32.4 Å². The van der Waals surface area contributed by atoms with Crippen LogP contribution in [0.5, 0.6) is 0 Å². The second kappa shape index (κ2) is 8.34. The molecule has 2 N–H and O–H groups in total. The lowest BCUT2D eigenvalue weighted by Crippen LogP contribution is -2.58. The molecule has 2 aromatic rings. The van der Waals surface area contributed by atoms with E-state index in [1.807, 2.05) is 18.9 Å². The highest BCUT2D eigenvalue weighted by molar-refractivity contribution is 7.89. The first-order chi connectivity index (χ1) is 14.7. The number of aromatic amines is 1. The number of hydrogen-bond donors (Lipinski definition) is 2. The molecule has 2 bridgehead atoms. The van der Waals surface area contributed by atoms with Crippen molar-refractivity contribution >= 4 is 27.6 Å². The van der Waals surface area contributed by atoms with E-state index in [1.54, 1.807) is 17.3 Å². The fourth-order valence-corrected chi connectivity index (χ4v) is 6.31. The number of hydrogen-bond acceptors (Lipinski definition) is 7. The van der Waals surface area contributed by atoms with E-state index in [0.717, 1.165) is 25.0 Å². The minimum Gasteiger partial charge on any atom is -0.341 e. The molecule has 4 heterocycles. The number of rotatable bonds is 6. The molecular weight excluding hydrogens is 421 g/mol. The van der Waals surface area contributed by atoms with Crippen molar-refractivity contribution in [1.82, 2.24) is 24.5 Å². The van der Waals surface area contributed by atoms with Gasteiger partial charge in [0, 0.05) is 36.9 Å². The maximum absolute atomic E-state index is 14.6. The van der Waals surface area contributed by atoms with Crippen molar-refractivity contribution in [3.8, 4) is 0 Å². The van der Waals surface area contributed by atoms with E-state index in [0.29, 0.717) is 24.6 Å². The van der Waals surface area contributed by atoms with Gasteiger partial charge in [0.05, 0.1) is 11.4 Å². The molecule has 0 aliphatic carbocycles. The summed E-state index contributed by atoms with van der Waals surface area (Å²) in [7, 11) is -1.37. The maximum atomic E-state index is 14.6. The van der Waals surface area contributed by atoms with Gasteiger partial charge in [0.1, 0.15) is 0 Å². The summed E-state index contributed by atoms with van der Waals surface area (Å²) in [6, 6.07) is 1.77. The Balaban J connectivity index is 1.58. The number of piperidine rings is 2. The Labute approximate surface area is 182 Å². The molecule has 4 rings (SSSR count). The Hall–Kier alpha value is -2.27.